The zero-order valence-electron chi connectivity index (χ0n) is 14.8. The Morgan fingerprint density at radius 3 is 2.04 bits per heavy atom. The number of unbranched alkanes of at least 4 members (excludes halogenated alkanes) is 9. The zero-order valence-corrected chi connectivity index (χ0v) is 14.8. The Labute approximate surface area is 144 Å². The first-order valence-corrected chi connectivity index (χ1v) is 9.14. The predicted octanol–water partition coefficient (Wildman–Crippen LogP) is 5.16. The van der Waals surface area contributed by atoms with Gasteiger partial charge >= 0.3 is 0 Å². The predicted molar refractivity (Wildman–Crippen MR) is 97.2 cm³/mol. The fourth-order valence-electron chi connectivity index (χ4n) is 3.03. The molecule has 0 radical (unpaired) electrons. The molecule has 0 aromatic heterocycles. The normalized spacial score (nSPS) is 10.7. The van der Waals surface area contributed by atoms with Crippen LogP contribution in [-0.4, -0.2) is 10.8 Å². The number of nitrogens with zero attached hydrogens (tertiary/aromatic N) is 1. The second kappa shape index (κ2) is 11.6. The third-order valence-corrected chi connectivity index (χ3v) is 4.39. The summed E-state index contributed by atoms with van der Waals surface area (Å²) in [6.45, 7) is 2.22. The van der Waals surface area contributed by atoms with E-state index in [0.29, 0.717) is 12.0 Å². The molecule has 5 heteroatoms. The van der Waals surface area contributed by atoms with E-state index in [9.17, 15) is 14.9 Å². The van der Waals surface area contributed by atoms with Crippen molar-refractivity contribution in [3.63, 3.8) is 0 Å². The lowest BCUT2D eigenvalue weighted by Crippen LogP contribution is -2.15. The molecule has 0 aliphatic carbocycles. The van der Waals surface area contributed by atoms with Crippen LogP contribution in [0, 0.1) is 10.1 Å². The van der Waals surface area contributed by atoms with Crippen LogP contribution in [0.1, 0.15) is 87.1 Å². The number of primary amides is 1. The molecule has 1 amide bonds. The van der Waals surface area contributed by atoms with E-state index in [1.165, 1.54) is 57.1 Å². The van der Waals surface area contributed by atoms with Crippen LogP contribution >= 0.6 is 0 Å². The first kappa shape index (κ1) is 20.1. The number of hydrogen-bond acceptors (Lipinski definition) is 3. The fraction of sp³-hybridized carbons (Fsp3) is 0.632. The van der Waals surface area contributed by atoms with E-state index in [4.69, 9.17) is 5.73 Å². The third-order valence-electron chi connectivity index (χ3n) is 4.39. The minimum Gasteiger partial charge on any atom is -0.366 e. The molecule has 0 atom stereocenters. The van der Waals surface area contributed by atoms with Gasteiger partial charge in [-0.1, -0.05) is 70.8 Å². The van der Waals surface area contributed by atoms with Gasteiger partial charge in [0.1, 0.15) is 0 Å². The van der Waals surface area contributed by atoms with Gasteiger partial charge in [-0.15, -0.1) is 0 Å². The van der Waals surface area contributed by atoms with Gasteiger partial charge in [0.25, 0.3) is 5.69 Å². The van der Waals surface area contributed by atoms with E-state index in [1.54, 1.807) is 6.07 Å². The second-order valence-electron chi connectivity index (χ2n) is 6.36. The van der Waals surface area contributed by atoms with E-state index in [2.05, 4.69) is 6.92 Å². The molecule has 0 saturated carbocycles. The number of nitro groups is 1. The zero-order chi connectivity index (χ0) is 17.8. The van der Waals surface area contributed by atoms with Crippen molar-refractivity contribution < 1.29 is 9.72 Å². The van der Waals surface area contributed by atoms with Gasteiger partial charge in [-0.3, -0.25) is 14.9 Å². The molecule has 0 aliphatic heterocycles. The standard InChI is InChI=1S/C19H30N2O3/c1-2-3-4-5-6-7-8-9-10-11-13-16-17(19(20)22)14-12-15-18(16)21(23)24/h12,14-15H,2-11,13H2,1H3,(H2,20,22). The Kier molecular flexibility index (Phi) is 9.73. The van der Waals surface area contributed by atoms with E-state index >= 15 is 0 Å². The lowest BCUT2D eigenvalue weighted by molar-refractivity contribution is -0.385. The Morgan fingerprint density at radius 1 is 1.00 bits per heavy atom. The minimum atomic E-state index is -0.597. The van der Waals surface area contributed by atoms with Crippen molar-refractivity contribution in [2.24, 2.45) is 5.73 Å². The number of nitrogens with two attached hydrogens (primary N) is 1. The molecule has 0 heterocycles. The largest absolute Gasteiger partial charge is 0.366 e. The number of rotatable bonds is 13. The molecular formula is C19H30N2O3. The molecule has 0 unspecified atom stereocenters. The minimum absolute atomic E-state index is 0.00206. The molecule has 0 fully saturated rings. The fourth-order valence-corrected chi connectivity index (χ4v) is 3.03. The van der Waals surface area contributed by atoms with Crippen LogP contribution in [0.4, 0.5) is 5.69 Å². The van der Waals surface area contributed by atoms with Crippen LogP contribution in [0.5, 0.6) is 0 Å². The van der Waals surface area contributed by atoms with Crippen LogP contribution in [0.3, 0.4) is 0 Å². The van der Waals surface area contributed by atoms with Crippen LogP contribution in [0.25, 0.3) is 0 Å². The van der Waals surface area contributed by atoms with Crippen molar-refractivity contribution in [1.82, 2.24) is 0 Å². The summed E-state index contributed by atoms with van der Waals surface area (Å²) in [5.74, 6) is -0.597. The second-order valence-corrected chi connectivity index (χ2v) is 6.36. The molecule has 0 bridgehead atoms. The maximum absolute atomic E-state index is 11.5. The first-order valence-electron chi connectivity index (χ1n) is 9.14. The maximum Gasteiger partial charge on any atom is 0.273 e. The highest BCUT2D eigenvalue weighted by molar-refractivity contribution is 5.95. The molecule has 24 heavy (non-hydrogen) atoms. The average Bonchev–Trinajstić information content (AvgIpc) is 2.56. The molecular weight excluding hydrogens is 304 g/mol. The van der Waals surface area contributed by atoms with Gasteiger partial charge in [0.15, 0.2) is 0 Å². The van der Waals surface area contributed by atoms with E-state index in [-0.39, 0.29) is 11.3 Å². The van der Waals surface area contributed by atoms with E-state index < -0.39 is 10.8 Å². The smallest absolute Gasteiger partial charge is 0.273 e. The topological polar surface area (TPSA) is 86.2 Å². The van der Waals surface area contributed by atoms with Crippen molar-refractivity contribution in [2.75, 3.05) is 0 Å². The molecule has 0 spiro atoms. The summed E-state index contributed by atoms with van der Waals surface area (Å²) in [5, 5.41) is 11.1. The van der Waals surface area contributed by atoms with Gasteiger partial charge in [0, 0.05) is 17.2 Å². The number of amides is 1. The molecule has 0 aliphatic rings. The SMILES string of the molecule is CCCCCCCCCCCCc1c(C(N)=O)cccc1[N+](=O)[O-]. The van der Waals surface area contributed by atoms with Crippen molar-refractivity contribution in [2.45, 2.75) is 77.6 Å². The Bertz CT molecular complexity index is 497. The highest BCUT2D eigenvalue weighted by atomic mass is 16.6. The molecule has 1 aromatic carbocycles. The van der Waals surface area contributed by atoms with Gasteiger partial charge < -0.3 is 5.73 Å². The Morgan fingerprint density at radius 2 is 1.54 bits per heavy atom. The van der Waals surface area contributed by atoms with Gasteiger partial charge in [-0.2, -0.15) is 0 Å². The van der Waals surface area contributed by atoms with E-state index in [0.717, 1.165) is 19.3 Å². The third kappa shape index (κ3) is 7.11. The molecule has 2 N–H and O–H groups in total. The van der Waals surface area contributed by atoms with Crippen LogP contribution < -0.4 is 5.73 Å². The van der Waals surface area contributed by atoms with Gasteiger partial charge in [0.05, 0.1) is 4.92 Å². The summed E-state index contributed by atoms with van der Waals surface area (Å²) < 4.78 is 0. The summed E-state index contributed by atoms with van der Waals surface area (Å²) in [5.41, 5.74) is 6.10. The Hall–Kier alpha value is -1.91. The summed E-state index contributed by atoms with van der Waals surface area (Å²) in [4.78, 5) is 22.2. The van der Waals surface area contributed by atoms with Gasteiger partial charge in [-0.05, 0) is 18.9 Å². The molecule has 134 valence electrons. The van der Waals surface area contributed by atoms with Gasteiger partial charge in [-0.25, -0.2) is 0 Å². The lowest BCUT2D eigenvalue weighted by Gasteiger charge is -2.07. The van der Waals surface area contributed by atoms with Crippen molar-refractivity contribution >= 4 is 11.6 Å². The number of carbonyl (C=O) groups is 1. The monoisotopic (exact) mass is 334 g/mol. The Balaban J connectivity index is 2.34. The van der Waals surface area contributed by atoms with Crippen molar-refractivity contribution in [3.05, 3.63) is 39.4 Å². The van der Waals surface area contributed by atoms with Crippen molar-refractivity contribution in [1.29, 1.82) is 0 Å². The highest BCUT2D eigenvalue weighted by Crippen LogP contribution is 2.24. The number of hydrogen-bond donors (Lipinski definition) is 1. The highest BCUT2D eigenvalue weighted by Gasteiger charge is 2.19. The maximum atomic E-state index is 11.5. The number of benzene rings is 1. The van der Waals surface area contributed by atoms with Crippen LogP contribution in [0.15, 0.2) is 18.2 Å². The average molecular weight is 334 g/mol. The summed E-state index contributed by atoms with van der Waals surface area (Å²) in [6.07, 6.45) is 12.6. The summed E-state index contributed by atoms with van der Waals surface area (Å²) in [7, 11) is 0. The number of nitro benzene ring substituents is 1. The summed E-state index contributed by atoms with van der Waals surface area (Å²) >= 11 is 0. The molecule has 1 rings (SSSR count). The van der Waals surface area contributed by atoms with E-state index in [1.807, 2.05) is 0 Å². The van der Waals surface area contributed by atoms with Crippen molar-refractivity contribution in [3.8, 4) is 0 Å². The molecule has 5 nitrogen and oxygen atoms in total. The van der Waals surface area contributed by atoms with Crippen LogP contribution in [0.2, 0.25) is 0 Å². The number of carbonyl (C=O) groups excluding carboxylic acids is 1. The quantitative estimate of drug-likeness (QED) is 0.307. The lowest BCUT2D eigenvalue weighted by atomic mass is 9.98. The van der Waals surface area contributed by atoms with Crippen LogP contribution in [-0.2, 0) is 6.42 Å². The van der Waals surface area contributed by atoms with Gasteiger partial charge in [0.2, 0.25) is 5.91 Å². The molecule has 1 aromatic rings. The first-order chi connectivity index (χ1) is 11.6. The summed E-state index contributed by atoms with van der Waals surface area (Å²) in [6, 6.07) is 4.53. The molecule has 0 saturated heterocycles.